The second kappa shape index (κ2) is 7.55. The number of alkyl halides is 3. The molecule has 1 fully saturated rings. The Hall–Kier alpha value is -2.81. The summed E-state index contributed by atoms with van der Waals surface area (Å²) in [6, 6.07) is 6.73. The van der Waals surface area contributed by atoms with Crippen LogP contribution in [0, 0.1) is 0 Å². The molecular weight excluding hydrogens is 383 g/mol. The van der Waals surface area contributed by atoms with Crippen molar-refractivity contribution in [3.63, 3.8) is 0 Å². The molecule has 6 nitrogen and oxygen atoms in total. The average molecular weight is 405 g/mol. The van der Waals surface area contributed by atoms with Crippen LogP contribution in [0.15, 0.2) is 36.5 Å². The first-order valence-corrected chi connectivity index (χ1v) is 9.60. The van der Waals surface area contributed by atoms with Gasteiger partial charge in [0.05, 0.1) is 11.1 Å². The molecule has 3 aromatic rings. The molecule has 0 bridgehead atoms. The highest BCUT2D eigenvalue weighted by molar-refractivity contribution is 5.81. The summed E-state index contributed by atoms with van der Waals surface area (Å²) in [4.78, 5) is 2.37. The van der Waals surface area contributed by atoms with Gasteiger partial charge in [0.1, 0.15) is 11.4 Å². The largest absolute Gasteiger partial charge is 0.507 e. The van der Waals surface area contributed by atoms with Crippen LogP contribution < -0.4 is 5.32 Å². The minimum atomic E-state index is -4.52. The van der Waals surface area contributed by atoms with E-state index in [-0.39, 0.29) is 11.6 Å². The predicted molar refractivity (Wildman–Crippen MR) is 104 cm³/mol. The topological polar surface area (TPSA) is 65.7 Å². The van der Waals surface area contributed by atoms with Crippen LogP contribution in [-0.4, -0.2) is 50.3 Å². The Morgan fingerprint density at radius 1 is 1.24 bits per heavy atom. The van der Waals surface area contributed by atoms with E-state index in [1.165, 1.54) is 6.07 Å². The molecule has 0 aliphatic carbocycles. The quantitative estimate of drug-likeness (QED) is 0.687. The maximum absolute atomic E-state index is 12.9. The van der Waals surface area contributed by atoms with Gasteiger partial charge in [-0.15, -0.1) is 10.2 Å². The highest BCUT2D eigenvalue weighted by Crippen LogP contribution is 2.37. The number of phenols is 1. The molecule has 154 valence electrons. The highest BCUT2D eigenvalue weighted by atomic mass is 19.4. The van der Waals surface area contributed by atoms with Crippen molar-refractivity contribution in [2.24, 2.45) is 0 Å². The van der Waals surface area contributed by atoms with Crippen molar-refractivity contribution < 1.29 is 18.3 Å². The van der Waals surface area contributed by atoms with E-state index in [9.17, 15) is 18.3 Å². The molecule has 1 aromatic carbocycles. The molecule has 1 atom stereocenters. The number of fused-ring (bicyclic) bond motifs is 1. The zero-order valence-corrected chi connectivity index (χ0v) is 15.9. The summed E-state index contributed by atoms with van der Waals surface area (Å²) in [5.41, 5.74) is 0.274. The number of likely N-dealkylation sites (N-methyl/N-ethyl adjacent to an activating group) is 1. The van der Waals surface area contributed by atoms with Crippen molar-refractivity contribution in [3.05, 3.63) is 42.1 Å². The molecule has 9 heteroatoms. The number of halogens is 3. The van der Waals surface area contributed by atoms with E-state index >= 15 is 0 Å². The predicted octanol–water partition coefficient (Wildman–Crippen LogP) is 4.02. The minimum absolute atomic E-state index is 0.204. The van der Waals surface area contributed by atoms with Crippen LogP contribution in [0.4, 0.5) is 19.1 Å². The van der Waals surface area contributed by atoms with Gasteiger partial charge in [-0.05, 0) is 56.3 Å². The Morgan fingerprint density at radius 2 is 2.07 bits per heavy atom. The molecule has 0 radical (unpaired) electrons. The van der Waals surface area contributed by atoms with E-state index in [1.807, 2.05) is 16.7 Å². The van der Waals surface area contributed by atoms with Crippen LogP contribution in [0.1, 0.15) is 25.3 Å². The lowest BCUT2D eigenvalue weighted by atomic mass is 10.1. The van der Waals surface area contributed by atoms with Gasteiger partial charge >= 0.3 is 6.18 Å². The number of likely N-dealkylation sites (tertiary alicyclic amines) is 1. The number of hydrogen-bond donors (Lipinski definition) is 2. The van der Waals surface area contributed by atoms with Gasteiger partial charge in [0, 0.05) is 24.3 Å². The Bertz CT molecular complexity index is 1020. The number of aromatic hydroxyl groups is 1. The molecule has 3 heterocycles. The fraction of sp³-hybridized carbons (Fsp3) is 0.400. The van der Waals surface area contributed by atoms with E-state index in [0.717, 1.165) is 38.5 Å². The fourth-order valence-electron chi connectivity index (χ4n) is 3.80. The molecule has 2 aromatic heterocycles. The fourth-order valence-corrected chi connectivity index (χ4v) is 3.80. The Morgan fingerprint density at radius 3 is 2.79 bits per heavy atom. The van der Waals surface area contributed by atoms with Gasteiger partial charge in [-0.3, -0.25) is 4.40 Å². The van der Waals surface area contributed by atoms with Crippen LogP contribution in [0.5, 0.6) is 5.75 Å². The van der Waals surface area contributed by atoms with Gasteiger partial charge in [0.2, 0.25) is 5.95 Å². The first-order chi connectivity index (χ1) is 13.9. The molecule has 1 aliphatic rings. The molecule has 29 heavy (non-hydrogen) atoms. The Labute approximate surface area is 166 Å². The van der Waals surface area contributed by atoms with E-state index in [1.54, 1.807) is 6.07 Å². The van der Waals surface area contributed by atoms with Crippen molar-refractivity contribution in [2.45, 2.75) is 32.0 Å². The first-order valence-electron chi connectivity index (χ1n) is 9.60. The lowest BCUT2D eigenvalue weighted by molar-refractivity contribution is -0.137. The Balaban J connectivity index is 1.67. The molecule has 0 unspecified atom stereocenters. The summed E-state index contributed by atoms with van der Waals surface area (Å²) in [6.07, 6.45) is -0.572. The van der Waals surface area contributed by atoms with Gasteiger partial charge in [0.25, 0.3) is 0 Å². The number of anilines is 1. The summed E-state index contributed by atoms with van der Waals surface area (Å²) in [7, 11) is 0. The number of piperidine rings is 1. The third-order valence-electron chi connectivity index (χ3n) is 5.33. The van der Waals surface area contributed by atoms with Crippen molar-refractivity contribution in [2.75, 3.05) is 25.0 Å². The minimum Gasteiger partial charge on any atom is -0.507 e. The lowest BCUT2D eigenvalue weighted by Crippen LogP contribution is -2.42. The second-order valence-electron chi connectivity index (χ2n) is 7.24. The molecule has 1 aliphatic heterocycles. The van der Waals surface area contributed by atoms with Crippen LogP contribution in [0.25, 0.3) is 16.8 Å². The van der Waals surface area contributed by atoms with E-state index in [2.05, 4.69) is 27.3 Å². The van der Waals surface area contributed by atoms with Gasteiger partial charge < -0.3 is 15.3 Å². The standard InChI is InChI=1S/C20H22F3N5O/c1-2-27-9-3-5-14(12-27)24-19-26-25-18(16-6-4-10-28(16)19)15-8-7-13(11-17(15)29)20(21,22)23/h4,6-8,10-11,14,29H,2-3,5,9,12H2,1H3,(H,24,26)/t14-/m1/s1. The highest BCUT2D eigenvalue weighted by Gasteiger charge is 2.31. The van der Waals surface area contributed by atoms with Gasteiger partial charge in [-0.2, -0.15) is 13.2 Å². The first kappa shape index (κ1) is 19.5. The average Bonchev–Trinajstić information content (AvgIpc) is 3.18. The van der Waals surface area contributed by atoms with Crippen molar-refractivity contribution in [3.8, 4) is 17.0 Å². The zero-order valence-electron chi connectivity index (χ0n) is 15.9. The van der Waals surface area contributed by atoms with Crippen LogP contribution >= 0.6 is 0 Å². The maximum Gasteiger partial charge on any atom is 0.416 e. The van der Waals surface area contributed by atoms with Gasteiger partial charge in [-0.1, -0.05) is 6.92 Å². The van der Waals surface area contributed by atoms with Gasteiger partial charge in [-0.25, -0.2) is 0 Å². The molecule has 4 rings (SSSR count). The van der Waals surface area contributed by atoms with Crippen molar-refractivity contribution in [1.82, 2.24) is 19.5 Å². The van der Waals surface area contributed by atoms with E-state index < -0.39 is 17.5 Å². The number of phenolic OH excluding ortho intramolecular Hbond substituents is 1. The Kier molecular flexibility index (Phi) is 5.08. The van der Waals surface area contributed by atoms with Crippen LogP contribution in [-0.2, 0) is 6.18 Å². The number of rotatable bonds is 4. The SMILES string of the molecule is CCN1CCC[C@@H](Nc2nnc(-c3ccc(C(F)(F)F)cc3O)c3cccn23)C1. The van der Waals surface area contributed by atoms with Crippen molar-refractivity contribution in [1.29, 1.82) is 0 Å². The number of hydrogen-bond acceptors (Lipinski definition) is 5. The second-order valence-corrected chi connectivity index (χ2v) is 7.24. The maximum atomic E-state index is 12.9. The zero-order chi connectivity index (χ0) is 20.6. The van der Waals surface area contributed by atoms with E-state index in [4.69, 9.17) is 0 Å². The third kappa shape index (κ3) is 3.87. The summed E-state index contributed by atoms with van der Waals surface area (Å²) >= 11 is 0. The normalized spacial score (nSPS) is 18.3. The number of nitrogens with zero attached hydrogens (tertiary/aromatic N) is 4. The lowest BCUT2D eigenvalue weighted by Gasteiger charge is -2.32. The number of nitrogens with one attached hydrogen (secondary N) is 1. The third-order valence-corrected chi connectivity index (χ3v) is 5.33. The number of aromatic nitrogens is 3. The molecule has 1 saturated heterocycles. The molecule has 0 saturated carbocycles. The smallest absolute Gasteiger partial charge is 0.416 e. The summed E-state index contributed by atoms with van der Waals surface area (Å²) < 4.78 is 40.4. The molecule has 0 amide bonds. The van der Waals surface area contributed by atoms with Crippen LogP contribution in [0.2, 0.25) is 0 Å². The van der Waals surface area contributed by atoms with Gasteiger partial charge in [0.15, 0.2) is 0 Å². The number of benzene rings is 1. The monoisotopic (exact) mass is 405 g/mol. The summed E-state index contributed by atoms with van der Waals surface area (Å²) in [6.45, 7) is 5.14. The molecular formula is C20H22F3N5O. The van der Waals surface area contributed by atoms with Crippen LogP contribution in [0.3, 0.4) is 0 Å². The molecule has 2 N–H and O–H groups in total. The van der Waals surface area contributed by atoms with Crippen molar-refractivity contribution >= 4 is 11.5 Å². The molecule has 0 spiro atoms. The summed E-state index contributed by atoms with van der Waals surface area (Å²) in [5, 5.41) is 22.1. The summed E-state index contributed by atoms with van der Waals surface area (Å²) in [5.74, 6) is 0.0897. The van der Waals surface area contributed by atoms with E-state index in [0.29, 0.717) is 23.2 Å².